The zero-order chi connectivity index (χ0) is 17.2. The number of rotatable bonds is 4. The third-order valence-electron chi connectivity index (χ3n) is 5.38. The van der Waals surface area contributed by atoms with Crippen molar-refractivity contribution in [3.05, 3.63) is 60.7 Å². The lowest BCUT2D eigenvalue weighted by Crippen LogP contribution is -2.39. The maximum absolute atomic E-state index is 12.7. The van der Waals surface area contributed by atoms with Crippen molar-refractivity contribution in [1.82, 2.24) is 0 Å². The van der Waals surface area contributed by atoms with Gasteiger partial charge in [-0.25, -0.2) is 0 Å². The highest BCUT2D eigenvalue weighted by atomic mass is 16.5. The molecule has 25 heavy (non-hydrogen) atoms. The van der Waals surface area contributed by atoms with Crippen LogP contribution in [0.5, 0.6) is 11.5 Å². The molecule has 4 unspecified atom stereocenters. The van der Waals surface area contributed by atoms with E-state index in [0.717, 1.165) is 19.3 Å². The zero-order valence-electron chi connectivity index (χ0n) is 13.8. The standard InChI is InChI=1S/C21H20O4/c22-20(24-16-7-3-1-4-8-16)18-14-11-12-15(13-14)19(18)21(23)25-17-9-5-2-6-10-17/h1-10,14-15,18-19H,11-13H2. The van der Waals surface area contributed by atoms with Crippen molar-refractivity contribution >= 4 is 11.9 Å². The molecule has 0 saturated heterocycles. The molecule has 2 aromatic carbocycles. The minimum atomic E-state index is -0.407. The van der Waals surface area contributed by atoms with Gasteiger partial charge in [0, 0.05) is 0 Å². The summed E-state index contributed by atoms with van der Waals surface area (Å²) in [5.74, 6) is 0.0344. The first-order valence-corrected chi connectivity index (χ1v) is 8.76. The Balaban J connectivity index is 1.51. The van der Waals surface area contributed by atoms with E-state index in [-0.39, 0.29) is 23.8 Å². The van der Waals surface area contributed by atoms with E-state index in [1.165, 1.54) is 0 Å². The number of para-hydroxylation sites is 2. The molecule has 0 radical (unpaired) electrons. The minimum absolute atomic E-state index is 0.217. The van der Waals surface area contributed by atoms with Crippen LogP contribution in [-0.4, -0.2) is 11.9 Å². The van der Waals surface area contributed by atoms with Crippen molar-refractivity contribution in [3.63, 3.8) is 0 Å². The van der Waals surface area contributed by atoms with Crippen LogP contribution in [0.1, 0.15) is 19.3 Å². The SMILES string of the molecule is O=C(Oc1ccccc1)C1C2CCC(C2)C1C(=O)Oc1ccccc1. The maximum atomic E-state index is 12.7. The van der Waals surface area contributed by atoms with Gasteiger partial charge in [0.2, 0.25) is 0 Å². The molecule has 4 atom stereocenters. The molecule has 4 rings (SSSR count). The summed E-state index contributed by atoms with van der Waals surface area (Å²) in [6.45, 7) is 0. The van der Waals surface area contributed by atoms with Crippen molar-refractivity contribution in [3.8, 4) is 11.5 Å². The quantitative estimate of drug-likeness (QED) is 0.628. The van der Waals surface area contributed by atoms with E-state index in [1.807, 2.05) is 36.4 Å². The molecule has 2 aromatic rings. The van der Waals surface area contributed by atoms with Crippen molar-refractivity contribution in [2.75, 3.05) is 0 Å². The first-order valence-electron chi connectivity index (χ1n) is 8.76. The largest absolute Gasteiger partial charge is 0.426 e. The van der Waals surface area contributed by atoms with Crippen LogP contribution in [0.15, 0.2) is 60.7 Å². The van der Waals surface area contributed by atoms with Gasteiger partial charge in [-0.3, -0.25) is 9.59 Å². The van der Waals surface area contributed by atoms with E-state index in [2.05, 4.69) is 0 Å². The highest BCUT2D eigenvalue weighted by molar-refractivity contribution is 5.85. The number of hydrogen-bond donors (Lipinski definition) is 0. The smallest absolute Gasteiger partial charge is 0.315 e. The van der Waals surface area contributed by atoms with E-state index in [1.54, 1.807) is 24.3 Å². The van der Waals surface area contributed by atoms with Gasteiger partial charge in [-0.2, -0.15) is 0 Å². The molecule has 128 valence electrons. The number of carbonyl (C=O) groups excluding carboxylic acids is 2. The van der Waals surface area contributed by atoms with Gasteiger partial charge in [0.15, 0.2) is 0 Å². The average Bonchev–Trinajstić information content (AvgIpc) is 3.24. The second kappa shape index (κ2) is 6.71. The van der Waals surface area contributed by atoms with Crippen LogP contribution in [-0.2, 0) is 9.59 Å². The molecule has 0 aromatic heterocycles. The fraction of sp³-hybridized carbons (Fsp3) is 0.333. The van der Waals surface area contributed by atoms with E-state index in [9.17, 15) is 9.59 Å². The van der Waals surface area contributed by atoms with Gasteiger partial charge in [0.1, 0.15) is 11.5 Å². The molecule has 0 amide bonds. The number of benzene rings is 2. The third kappa shape index (κ3) is 3.16. The average molecular weight is 336 g/mol. The summed E-state index contributed by atoms with van der Waals surface area (Å²) in [5.41, 5.74) is 0. The van der Waals surface area contributed by atoms with Gasteiger partial charge in [-0.1, -0.05) is 36.4 Å². The maximum Gasteiger partial charge on any atom is 0.315 e. The summed E-state index contributed by atoms with van der Waals surface area (Å²) in [7, 11) is 0. The van der Waals surface area contributed by atoms with Crippen LogP contribution in [0.4, 0.5) is 0 Å². The predicted molar refractivity (Wildman–Crippen MR) is 92.0 cm³/mol. The van der Waals surface area contributed by atoms with Gasteiger partial charge in [0.25, 0.3) is 0 Å². The molecule has 4 nitrogen and oxygen atoms in total. The third-order valence-corrected chi connectivity index (χ3v) is 5.38. The number of carbonyl (C=O) groups is 2. The monoisotopic (exact) mass is 336 g/mol. The highest BCUT2D eigenvalue weighted by Crippen LogP contribution is 2.53. The predicted octanol–water partition coefficient (Wildman–Crippen LogP) is 3.86. The van der Waals surface area contributed by atoms with E-state index >= 15 is 0 Å². The summed E-state index contributed by atoms with van der Waals surface area (Å²) >= 11 is 0. The molecule has 2 fully saturated rings. The number of esters is 2. The summed E-state index contributed by atoms with van der Waals surface area (Å²) in [4.78, 5) is 25.5. The summed E-state index contributed by atoms with van der Waals surface area (Å²) < 4.78 is 11.1. The van der Waals surface area contributed by atoms with Gasteiger partial charge in [-0.15, -0.1) is 0 Å². The van der Waals surface area contributed by atoms with Gasteiger partial charge < -0.3 is 9.47 Å². The van der Waals surface area contributed by atoms with Gasteiger partial charge >= 0.3 is 11.9 Å². The van der Waals surface area contributed by atoms with Gasteiger partial charge in [0.05, 0.1) is 11.8 Å². The van der Waals surface area contributed by atoms with E-state index in [4.69, 9.17) is 9.47 Å². The molecule has 0 N–H and O–H groups in total. The number of hydrogen-bond acceptors (Lipinski definition) is 4. The Hall–Kier alpha value is -2.62. The normalized spacial score (nSPS) is 27.0. The molecule has 0 heterocycles. The Morgan fingerprint density at radius 1 is 0.680 bits per heavy atom. The van der Waals surface area contributed by atoms with Crippen molar-refractivity contribution in [2.24, 2.45) is 23.7 Å². The van der Waals surface area contributed by atoms with Crippen LogP contribution in [0, 0.1) is 23.7 Å². The van der Waals surface area contributed by atoms with Crippen LogP contribution < -0.4 is 9.47 Å². The topological polar surface area (TPSA) is 52.6 Å². The van der Waals surface area contributed by atoms with E-state index in [0.29, 0.717) is 11.5 Å². The lowest BCUT2D eigenvalue weighted by atomic mass is 9.79. The van der Waals surface area contributed by atoms with Crippen LogP contribution >= 0.6 is 0 Å². The van der Waals surface area contributed by atoms with Crippen LogP contribution in [0.3, 0.4) is 0 Å². The fourth-order valence-corrected chi connectivity index (χ4v) is 4.32. The van der Waals surface area contributed by atoms with Crippen molar-refractivity contribution in [1.29, 1.82) is 0 Å². The Bertz CT molecular complexity index is 690. The molecule has 2 saturated carbocycles. The van der Waals surface area contributed by atoms with Crippen molar-refractivity contribution in [2.45, 2.75) is 19.3 Å². The molecule has 0 aliphatic heterocycles. The van der Waals surface area contributed by atoms with Crippen LogP contribution in [0.2, 0.25) is 0 Å². The Labute approximate surface area is 146 Å². The zero-order valence-corrected chi connectivity index (χ0v) is 13.8. The Kier molecular flexibility index (Phi) is 4.26. The van der Waals surface area contributed by atoms with Crippen molar-refractivity contribution < 1.29 is 19.1 Å². The first kappa shape index (κ1) is 15.9. The molecule has 2 bridgehead atoms. The van der Waals surface area contributed by atoms with E-state index < -0.39 is 11.8 Å². The lowest BCUT2D eigenvalue weighted by molar-refractivity contribution is -0.152. The highest BCUT2D eigenvalue weighted by Gasteiger charge is 2.55. The second-order valence-electron chi connectivity index (χ2n) is 6.85. The van der Waals surface area contributed by atoms with Crippen LogP contribution in [0.25, 0.3) is 0 Å². The first-order chi connectivity index (χ1) is 12.2. The Morgan fingerprint density at radius 3 is 1.48 bits per heavy atom. The summed E-state index contributed by atoms with van der Waals surface area (Å²) in [6.07, 6.45) is 2.87. The number of fused-ring (bicyclic) bond motifs is 2. The summed E-state index contributed by atoms with van der Waals surface area (Å²) in [6, 6.07) is 18.0. The fourth-order valence-electron chi connectivity index (χ4n) is 4.32. The Morgan fingerprint density at radius 2 is 1.08 bits per heavy atom. The second-order valence-corrected chi connectivity index (χ2v) is 6.85. The molecule has 4 heteroatoms. The molecule has 2 aliphatic carbocycles. The molecular weight excluding hydrogens is 316 g/mol. The number of ether oxygens (including phenoxy) is 2. The molecular formula is C21H20O4. The summed E-state index contributed by atoms with van der Waals surface area (Å²) in [5, 5.41) is 0. The van der Waals surface area contributed by atoms with Gasteiger partial charge in [-0.05, 0) is 55.4 Å². The molecule has 2 aliphatic rings. The molecule has 0 spiro atoms. The minimum Gasteiger partial charge on any atom is -0.426 e. The lowest BCUT2D eigenvalue weighted by Gasteiger charge is -2.27.